The van der Waals surface area contributed by atoms with Gasteiger partial charge in [-0.05, 0) is 88.1 Å². The van der Waals surface area contributed by atoms with Crippen LogP contribution >= 0.6 is 0 Å². The fourth-order valence-corrected chi connectivity index (χ4v) is 4.55. The van der Waals surface area contributed by atoms with Crippen LogP contribution in [0.2, 0.25) is 0 Å². The first-order valence-electron chi connectivity index (χ1n) is 13.2. The number of amides is 1. The van der Waals surface area contributed by atoms with Gasteiger partial charge in [0.05, 0.1) is 7.11 Å². The number of aryl methyl sites for hydroxylation is 2. The third-order valence-electron chi connectivity index (χ3n) is 6.32. The summed E-state index contributed by atoms with van der Waals surface area (Å²) in [7, 11) is 1.59. The molecule has 3 aromatic carbocycles. The molecule has 198 valence electrons. The molecule has 5 heteroatoms. The van der Waals surface area contributed by atoms with E-state index in [9.17, 15) is 4.79 Å². The minimum absolute atomic E-state index is 0.0179. The van der Waals surface area contributed by atoms with Gasteiger partial charge in [-0.25, -0.2) is 0 Å². The first-order valence-corrected chi connectivity index (χ1v) is 13.2. The minimum atomic E-state index is -0.0179. The Kier molecular flexibility index (Phi) is 10.0. The predicted octanol–water partition coefficient (Wildman–Crippen LogP) is 7.34. The van der Waals surface area contributed by atoms with E-state index in [0.717, 1.165) is 18.6 Å². The highest BCUT2D eigenvalue weighted by molar-refractivity contribution is 5.95. The van der Waals surface area contributed by atoms with E-state index in [1.165, 1.54) is 22.3 Å². The minimum Gasteiger partial charge on any atom is -0.493 e. The lowest BCUT2D eigenvalue weighted by Gasteiger charge is -2.31. The smallest absolute Gasteiger partial charge is 0.254 e. The first kappa shape index (κ1) is 28.1. The number of carbonyl (C=O) groups excluding carboxylic acids is 1. The largest absolute Gasteiger partial charge is 0.493 e. The van der Waals surface area contributed by atoms with Crippen LogP contribution in [0.4, 0.5) is 0 Å². The van der Waals surface area contributed by atoms with Crippen LogP contribution in [0.1, 0.15) is 62.5 Å². The molecule has 0 radical (unpaired) electrons. The standard InChI is InChI=1S/C32H41NO4/c1-8-9-27-20-26(25-12-10-24(6)11-13-25)14-16-29(27)36-18-19-37-30-17-15-28(21-31(30)35-7)32(34)33(22(2)3)23(4)5/h10-17,20-23H,8-9,18-19H2,1-7H3. The highest BCUT2D eigenvalue weighted by Crippen LogP contribution is 2.30. The van der Waals surface area contributed by atoms with Crippen molar-refractivity contribution in [3.05, 3.63) is 77.4 Å². The molecule has 0 fully saturated rings. The third-order valence-corrected chi connectivity index (χ3v) is 6.32. The Morgan fingerprint density at radius 3 is 1.97 bits per heavy atom. The number of benzene rings is 3. The molecule has 3 aromatic rings. The molecule has 0 spiro atoms. The molecule has 0 aromatic heterocycles. The van der Waals surface area contributed by atoms with Crippen LogP contribution in [0.25, 0.3) is 11.1 Å². The van der Waals surface area contributed by atoms with Gasteiger partial charge in [0.1, 0.15) is 19.0 Å². The Hall–Kier alpha value is -3.47. The summed E-state index contributed by atoms with van der Waals surface area (Å²) in [6, 6.07) is 20.5. The summed E-state index contributed by atoms with van der Waals surface area (Å²) >= 11 is 0. The number of carbonyl (C=O) groups is 1. The summed E-state index contributed by atoms with van der Waals surface area (Å²) in [5, 5.41) is 0. The van der Waals surface area contributed by atoms with Crippen molar-refractivity contribution in [2.24, 2.45) is 0 Å². The third kappa shape index (κ3) is 7.28. The maximum atomic E-state index is 13.0. The molecule has 0 saturated carbocycles. The molecule has 0 aliphatic carbocycles. The van der Waals surface area contributed by atoms with Crippen molar-refractivity contribution in [2.75, 3.05) is 20.3 Å². The zero-order valence-electron chi connectivity index (χ0n) is 23.3. The lowest BCUT2D eigenvalue weighted by Crippen LogP contribution is -2.42. The molecule has 5 nitrogen and oxygen atoms in total. The molecule has 1 amide bonds. The highest BCUT2D eigenvalue weighted by atomic mass is 16.5. The quantitative estimate of drug-likeness (QED) is 0.243. The number of hydrogen-bond acceptors (Lipinski definition) is 4. The van der Waals surface area contributed by atoms with Crippen molar-refractivity contribution in [1.29, 1.82) is 0 Å². The van der Waals surface area contributed by atoms with Gasteiger partial charge in [0, 0.05) is 17.6 Å². The van der Waals surface area contributed by atoms with Crippen molar-refractivity contribution >= 4 is 5.91 Å². The lowest BCUT2D eigenvalue weighted by molar-refractivity contribution is 0.0643. The Morgan fingerprint density at radius 1 is 0.784 bits per heavy atom. The topological polar surface area (TPSA) is 48.0 Å². The van der Waals surface area contributed by atoms with Gasteiger partial charge in [-0.1, -0.05) is 49.2 Å². The SMILES string of the molecule is CCCc1cc(-c2ccc(C)cc2)ccc1OCCOc1ccc(C(=O)N(C(C)C)C(C)C)cc1OC. The Bertz CT molecular complexity index is 1160. The predicted molar refractivity (Wildman–Crippen MR) is 151 cm³/mol. The van der Waals surface area contributed by atoms with E-state index in [2.05, 4.69) is 56.3 Å². The summed E-state index contributed by atoms with van der Waals surface area (Å²) in [6.45, 7) is 13.1. The van der Waals surface area contributed by atoms with Gasteiger partial charge in [-0.3, -0.25) is 4.79 Å². The summed E-state index contributed by atoms with van der Waals surface area (Å²) < 4.78 is 17.6. The molecule has 0 saturated heterocycles. The summed E-state index contributed by atoms with van der Waals surface area (Å²) in [5.41, 5.74) is 5.43. The molecule has 3 rings (SSSR count). The van der Waals surface area contributed by atoms with E-state index < -0.39 is 0 Å². The van der Waals surface area contributed by atoms with E-state index in [-0.39, 0.29) is 18.0 Å². The van der Waals surface area contributed by atoms with Crippen LogP contribution in [0, 0.1) is 6.92 Å². The van der Waals surface area contributed by atoms with E-state index >= 15 is 0 Å². The second-order valence-corrected chi connectivity index (χ2v) is 9.90. The molecule has 0 aliphatic rings. The van der Waals surface area contributed by atoms with Crippen LogP contribution in [-0.2, 0) is 6.42 Å². The van der Waals surface area contributed by atoms with Gasteiger partial charge in [0.25, 0.3) is 5.91 Å². The normalized spacial score (nSPS) is 11.1. The summed E-state index contributed by atoms with van der Waals surface area (Å²) in [5.74, 6) is 1.99. The first-order chi connectivity index (χ1) is 17.7. The molecule has 0 atom stereocenters. The fraction of sp³-hybridized carbons (Fsp3) is 0.406. The number of hydrogen-bond donors (Lipinski definition) is 0. The van der Waals surface area contributed by atoms with Gasteiger partial charge in [0.2, 0.25) is 0 Å². The molecular formula is C32H41NO4. The molecule has 0 unspecified atom stereocenters. The number of nitrogens with zero attached hydrogens (tertiary/aromatic N) is 1. The van der Waals surface area contributed by atoms with Crippen molar-refractivity contribution < 1.29 is 19.0 Å². The van der Waals surface area contributed by atoms with E-state index in [4.69, 9.17) is 14.2 Å². The summed E-state index contributed by atoms with van der Waals surface area (Å²) in [6.07, 6.45) is 1.99. The van der Waals surface area contributed by atoms with Gasteiger partial charge in [0.15, 0.2) is 11.5 Å². The number of ether oxygens (including phenoxy) is 3. The van der Waals surface area contributed by atoms with Crippen molar-refractivity contribution in [2.45, 2.75) is 66.5 Å². The van der Waals surface area contributed by atoms with Crippen LogP contribution < -0.4 is 14.2 Å². The molecule has 0 heterocycles. The van der Waals surface area contributed by atoms with Crippen molar-refractivity contribution in [3.63, 3.8) is 0 Å². The Morgan fingerprint density at radius 2 is 1.38 bits per heavy atom. The maximum absolute atomic E-state index is 13.0. The van der Waals surface area contributed by atoms with E-state index in [1.54, 1.807) is 25.3 Å². The van der Waals surface area contributed by atoms with Crippen LogP contribution in [0.3, 0.4) is 0 Å². The van der Waals surface area contributed by atoms with Crippen molar-refractivity contribution in [3.8, 4) is 28.4 Å². The number of rotatable bonds is 12. The Labute approximate surface area is 222 Å². The zero-order valence-corrected chi connectivity index (χ0v) is 23.3. The maximum Gasteiger partial charge on any atom is 0.254 e. The second-order valence-electron chi connectivity index (χ2n) is 9.90. The lowest BCUT2D eigenvalue weighted by atomic mass is 9.99. The van der Waals surface area contributed by atoms with E-state index in [0.29, 0.717) is 30.3 Å². The van der Waals surface area contributed by atoms with Crippen molar-refractivity contribution in [1.82, 2.24) is 4.90 Å². The fourth-order valence-electron chi connectivity index (χ4n) is 4.55. The zero-order chi connectivity index (χ0) is 26.9. The van der Waals surface area contributed by atoms with Crippen LogP contribution in [-0.4, -0.2) is 43.2 Å². The number of methoxy groups -OCH3 is 1. The van der Waals surface area contributed by atoms with Gasteiger partial charge in [-0.15, -0.1) is 0 Å². The average molecular weight is 504 g/mol. The molecular weight excluding hydrogens is 462 g/mol. The van der Waals surface area contributed by atoms with Crippen LogP contribution in [0.15, 0.2) is 60.7 Å². The van der Waals surface area contributed by atoms with E-state index in [1.807, 2.05) is 32.6 Å². The van der Waals surface area contributed by atoms with Gasteiger partial charge >= 0.3 is 0 Å². The summed E-state index contributed by atoms with van der Waals surface area (Å²) in [4.78, 5) is 14.9. The molecule has 0 aliphatic heterocycles. The van der Waals surface area contributed by atoms with Crippen LogP contribution in [0.5, 0.6) is 17.2 Å². The monoisotopic (exact) mass is 503 g/mol. The Balaban J connectivity index is 1.65. The average Bonchev–Trinajstić information content (AvgIpc) is 2.87. The highest BCUT2D eigenvalue weighted by Gasteiger charge is 2.22. The van der Waals surface area contributed by atoms with Gasteiger partial charge in [-0.2, -0.15) is 0 Å². The second kappa shape index (κ2) is 13.2. The molecule has 0 bridgehead atoms. The van der Waals surface area contributed by atoms with Gasteiger partial charge < -0.3 is 19.1 Å². The molecule has 0 N–H and O–H groups in total. The molecule has 37 heavy (non-hydrogen) atoms.